The molecule has 2 saturated heterocycles. The molecule has 336 valence electrons. The van der Waals surface area contributed by atoms with Gasteiger partial charge in [-0.05, 0) is 25.7 Å². The van der Waals surface area contributed by atoms with Gasteiger partial charge >= 0.3 is 0 Å². The highest BCUT2D eigenvalue weighted by molar-refractivity contribution is 5.96. The molecule has 2 aliphatic heterocycles. The predicted molar refractivity (Wildman–Crippen MR) is 211 cm³/mol. The molecule has 0 aliphatic carbocycles. The molecular formula is C36H51N15O11. The first-order valence-electron chi connectivity index (χ1n) is 19.6. The number of nitrogens with zero attached hydrogens (tertiary/aromatic N) is 4. The van der Waals surface area contributed by atoms with Gasteiger partial charge in [-0.3, -0.25) is 52.7 Å². The van der Waals surface area contributed by atoms with E-state index in [4.69, 9.17) is 5.73 Å². The van der Waals surface area contributed by atoms with Gasteiger partial charge in [-0.15, -0.1) is 0 Å². The maximum Gasteiger partial charge on any atom is 0.243 e. The van der Waals surface area contributed by atoms with Crippen LogP contribution in [0.15, 0.2) is 25.0 Å². The summed E-state index contributed by atoms with van der Waals surface area (Å²) in [6.07, 6.45) is 7.36. The molecular weight excluding hydrogens is 818 g/mol. The molecule has 26 heteroatoms. The number of primary amides is 1. The van der Waals surface area contributed by atoms with E-state index in [0.29, 0.717) is 37.2 Å². The van der Waals surface area contributed by atoms with E-state index >= 15 is 0 Å². The highest BCUT2D eigenvalue weighted by Gasteiger charge is 2.37. The molecule has 2 aromatic heterocycles. The molecule has 62 heavy (non-hydrogen) atoms. The third-order valence-electron chi connectivity index (χ3n) is 9.69. The number of carbonyl (C=O) groups is 11. The SMILES string of the molecule is CC(=O)N1CCC[C@H]1C(=O)N[C@@H](Cc1cnc[nH]1)C(=O)NCC(=O)NCC(=O)NCC(=O)N1CCC[C@H]1C(=O)N[C@@H](Cc1cnc[nH]1)C(=O)NCC(=O)NCC(=O)NCC(N)=O. The van der Waals surface area contributed by atoms with Crippen molar-refractivity contribution in [1.82, 2.24) is 72.3 Å². The summed E-state index contributed by atoms with van der Waals surface area (Å²) >= 11 is 0. The average Bonchev–Trinajstić information content (AvgIpc) is 4.09. The van der Waals surface area contributed by atoms with Crippen LogP contribution in [0.1, 0.15) is 44.0 Å². The van der Waals surface area contributed by atoms with Gasteiger partial charge in [0.05, 0.1) is 51.9 Å². The summed E-state index contributed by atoms with van der Waals surface area (Å²) in [4.78, 5) is 154. The number of aromatic amines is 2. The number of hydrogen-bond acceptors (Lipinski definition) is 13. The lowest BCUT2D eigenvalue weighted by Gasteiger charge is -2.26. The van der Waals surface area contributed by atoms with E-state index in [0.717, 1.165) is 0 Å². The van der Waals surface area contributed by atoms with Crippen LogP contribution in [0, 0.1) is 0 Å². The van der Waals surface area contributed by atoms with Crippen molar-refractivity contribution < 1.29 is 52.7 Å². The maximum absolute atomic E-state index is 13.5. The molecule has 0 unspecified atom stereocenters. The number of likely N-dealkylation sites (tertiary alicyclic amines) is 2. The number of H-pyrrole nitrogens is 2. The van der Waals surface area contributed by atoms with Crippen LogP contribution in [0.4, 0.5) is 0 Å². The molecule has 12 N–H and O–H groups in total. The topological polar surface area (TPSA) is 374 Å². The molecule has 2 aliphatic rings. The monoisotopic (exact) mass is 869 g/mol. The number of nitrogens with two attached hydrogens (primary N) is 1. The highest BCUT2D eigenvalue weighted by atomic mass is 16.2. The van der Waals surface area contributed by atoms with Gasteiger partial charge < -0.3 is 68.0 Å². The zero-order valence-corrected chi connectivity index (χ0v) is 33.9. The van der Waals surface area contributed by atoms with Gasteiger partial charge in [-0.1, -0.05) is 0 Å². The second-order valence-corrected chi connectivity index (χ2v) is 14.3. The summed E-state index contributed by atoms with van der Waals surface area (Å²) in [5, 5.41) is 19.2. The molecule has 4 heterocycles. The molecule has 26 nitrogen and oxygen atoms in total. The van der Waals surface area contributed by atoms with Crippen molar-refractivity contribution in [2.75, 3.05) is 52.4 Å². The van der Waals surface area contributed by atoms with Gasteiger partial charge in [0.1, 0.15) is 24.2 Å². The summed E-state index contributed by atoms with van der Waals surface area (Å²) in [5.74, 6) is -7.23. The van der Waals surface area contributed by atoms with E-state index in [1.165, 1.54) is 41.8 Å². The van der Waals surface area contributed by atoms with Crippen LogP contribution < -0.4 is 48.3 Å². The standard InChI is InChI=1S/C36H51N15O11/c1-20(52)50-6-2-4-25(50)35(61)48-23(8-21-10-38-18-46-21)33(59)44-16-31(57)42-14-29(55)43-17-32(58)51-7-3-5-26(51)36(62)49-24(9-22-11-39-19-47-22)34(60)45-15-30(56)41-13-28(54)40-12-27(37)53/h10-11,18-19,23-26H,2-9,12-17H2,1H3,(H2,37,53)(H,38,46)(H,39,47)(H,40,54)(H,41,56)(H,42,57)(H,43,55)(H,44,59)(H,45,60)(H,48,61)(H,49,62)/t23-,24-,25-,26-/m0/s1. The van der Waals surface area contributed by atoms with Gasteiger partial charge in [0.15, 0.2) is 0 Å². The lowest BCUT2D eigenvalue weighted by Crippen LogP contribution is -2.55. The molecule has 0 bridgehead atoms. The minimum atomic E-state index is -1.23. The van der Waals surface area contributed by atoms with Crippen LogP contribution in [0.3, 0.4) is 0 Å². The minimum absolute atomic E-state index is 0.00976. The first-order valence-corrected chi connectivity index (χ1v) is 19.6. The van der Waals surface area contributed by atoms with Crippen LogP contribution in [0.5, 0.6) is 0 Å². The van der Waals surface area contributed by atoms with Crippen LogP contribution >= 0.6 is 0 Å². The van der Waals surface area contributed by atoms with Crippen LogP contribution in [0.25, 0.3) is 0 Å². The van der Waals surface area contributed by atoms with E-state index in [-0.39, 0.29) is 31.7 Å². The normalized spacial score (nSPS) is 16.5. The largest absolute Gasteiger partial charge is 0.368 e. The number of hydrogen-bond donors (Lipinski definition) is 11. The first kappa shape index (κ1) is 47.3. The molecule has 0 aromatic carbocycles. The van der Waals surface area contributed by atoms with Gasteiger partial charge in [0.25, 0.3) is 0 Å². The summed E-state index contributed by atoms with van der Waals surface area (Å²) in [6, 6.07) is -4.09. The summed E-state index contributed by atoms with van der Waals surface area (Å²) in [5.41, 5.74) is 5.96. The molecule has 2 fully saturated rings. The number of aromatic nitrogens is 4. The van der Waals surface area contributed by atoms with Crippen molar-refractivity contribution in [2.45, 2.75) is 69.6 Å². The molecule has 4 atom stereocenters. The fraction of sp³-hybridized carbons (Fsp3) is 0.528. The van der Waals surface area contributed by atoms with Crippen LogP contribution in [-0.2, 0) is 65.6 Å². The average molecular weight is 870 g/mol. The van der Waals surface area contributed by atoms with Gasteiger partial charge in [-0.25, -0.2) is 9.97 Å². The van der Waals surface area contributed by atoms with Gasteiger partial charge in [0.2, 0.25) is 65.0 Å². The Hall–Kier alpha value is -7.41. The Morgan fingerprint density at radius 1 is 0.613 bits per heavy atom. The fourth-order valence-electron chi connectivity index (χ4n) is 6.59. The number of nitrogens with one attached hydrogen (secondary N) is 10. The summed E-state index contributed by atoms with van der Waals surface area (Å²) < 4.78 is 0. The Morgan fingerprint density at radius 3 is 1.44 bits per heavy atom. The second kappa shape index (κ2) is 23.4. The predicted octanol–water partition coefficient (Wildman–Crippen LogP) is -6.93. The lowest BCUT2D eigenvalue weighted by molar-refractivity contribution is -0.139. The van der Waals surface area contributed by atoms with Crippen molar-refractivity contribution in [3.8, 4) is 0 Å². The van der Waals surface area contributed by atoms with Gasteiger partial charge in [0, 0.05) is 56.6 Å². The Morgan fingerprint density at radius 2 is 1.02 bits per heavy atom. The van der Waals surface area contributed by atoms with Crippen molar-refractivity contribution in [3.05, 3.63) is 36.4 Å². The van der Waals surface area contributed by atoms with E-state index in [1.807, 2.05) is 0 Å². The Balaban J connectivity index is 1.21. The molecule has 4 rings (SSSR count). The van der Waals surface area contributed by atoms with E-state index in [1.54, 1.807) is 0 Å². The minimum Gasteiger partial charge on any atom is -0.368 e. The van der Waals surface area contributed by atoms with Gasteiger partial charge in [-0.2, -0.15) is 0 Å². The third-order valence-corrected chi connectivity index (χ3v) is 9.69. The molecule has 0 spiro atoms. The second-order valence-electron chi connectivity index (χ2n) is 14.3. The fourth-order valence-corrected chi connectivity index (χ4v) is 6.59. The maximum atomic E-state index is 13.5. The van der Waals surface area contributed by atoms with E-state index in [2.05, 4.69) is 62.5 Å². The molecule has 2 aromatic rings. The highest BCUT2D eigenvalue weighted by Crippen LogP contribution is 2.19. The van der Waals surface area contributed by atoms with Crippen LogP contribution in [-0.4, -0.2) is 171 Å². The smallest absolute Gasteiger partial charge is 0.243 e. The first-order chi connectivity index (χ1) is 29.6. The van der Waals surface area contributed by atoms with E-state index < -0.39 is 123 Å². The third kappa shape index (κ3) is 15.0. The molecule has 0 radical (unpaired) electrons. The number of imidazole rings is 2. The molecule has 11 amide bonds. The lowest BCUT2D eigenvalue weighted by atomic mass is 10.1. The molecule has 0 saturated carbocycles. The van der Waals surface area contributed by atoms with Crippen molar-refractivity contribution in [2.24, 2.45) is 5.73 Å². The quantitative estimate of drug-likeness (QED) is 0.0525. The van der Waals surface area contributed by atoms with E-state index in [9.17, 15) is 52.7 Å². The van der Waals surface area contributed by atoms with Crippen molar-refractivity contribution >= 4 is 65.0 Å². The number of rotatable bonds is 22. The van der Waals surface area contributed by atoms with Crippen molar-refractivity contribution in [1.29, 1.82) is 0 Å². The summed E-state index contributed by atoms with van der Waals surface area (Å²) in [7, 11) is 0. The zero-order valence-electron chi connectivity index (χ0n) is 33.9. The Bertz CT molecular complexity index is 1960. The van der Waals surface area contributed by atoms with Crippen molar-refractivity contribution in [3.63, 3.8) is 0 Å². The number of amides is 11. The Labute approximate surface area is 353 Å². The Kier molecular flexibility index (Phi) is 17.8. The number of carbonyl (C=O) groups excluding carboxylic acids is 11. The summed E-state index contributed by atoms with van der Waals surface area (Å²) in [6.45, 7) is -1.17. The van der Waals surface area contributed by atoms with Crippen LogP contribution in [0.2, 0.25) is 0 Å². The zero-order chi connectivity index (χ0) is 45.2.